The number of anilines is 1. The summed E-state index contributed by atoms with van der Waals surface area (Å²) in [7, 11) is -4.27. The lowest BCUT2D eigenvalue weighted by atomic mass is 10.2. The molecule has 3 aromatic rings. The Morgan fingerprint density at radius 2 is 1.64 bits per heavy atom. The second-order valence-electron chi connectivity index (χ2n) is 6.11. The van der Waals surface area contributed by atoms with Gasteiger partial charge in [0.25, 0.3) is 10.0 Å². The molecule has 0 N–H and O–H groups in total. The fourth-order valence-electron chi connectivity index (χ4n) is 2.63. The topological polar surface area (TPSA) is 37.4 Å². The van der Waals surface area contributed by atoms with Crippen molar-refractivity contribution in [2.45, 2.75) is 18.4 Å². The highest BCUT2D eigenvalue weighted by atomic mass is 35.5. The lowest BCUT2D eigenvalue weighted by Crippen LogP contribution is -2.31. The summed E-state index contributed by atoms with van der Waals surface area (Å²) < 4.78 is 68.9. The van der Waals surface area contributed by atoms with Crippen molar-refractivity contribution in [2.75, 3.05) is 4.31 Å². The Balaban J connectivity index is 2.16. The van der Waals surface area contributed by atoms with E-state index in [1.54, 1.807) is 6.07 Å². The van der Waals surface area contributed by atoms with Crippen molar-refractivity contribution < 1.29 is 21.6 Å². The van der Waals surface area contributed by atoms with Crippen molar-refractivity contribution in [2.24, 2.45) is 0 Å². The molecule has 3 rings (SSSR count). The first-order valence-electron chi connectivity index (χ1n) is 8.17. The molecule has 0 aliphatic heterocycles. The average Bonchev–Trinajstić information content (AvgIpc) is 2.63. The van der Waals surface area contributed by atoms with Crippen LogP contribution >= 0.6 is 11.6 Å². The van der Waals surface area contributed by atoms with Gasteiger partial charge < -0.3 is 0 Å². The van der Waals surface area contributed by atoms with Crippen LogP contribution in [0.3, 0.4) is 0 Å². The number of aryl methyl sites for hydroxylation is 1. The van der Waals surface area contributed by atoms with Crippen molar-refractivity contribution in [3.8, 4) is 0 Å². The normalized spacial score (nSPS) is 11.5. The van der Waals surface area contributed by atoms with Crippen LogP contribution in [0.2, 0.25) is 5.02 Å². The first kappa shape index (κ1) is 20.2. The van der Waals surface area contributed by atoms with Gasteiger partial charge in [0.15, 0.2) is 0 Å². The highest BCUT2D eigenvalue weighted by molar-refractivity contribution is 7.93. The van der Waals surface area contributed by atoms with E-state index in [1.807, 2.05) is 0 Å². The van der Waals surface area contributed by atoms with Crippen molar-refractivity contribution in [3.05, 3.63) is 94.3 Å². The molecule has 146 valence electrons. The maximum atomic E-state index is 14.2. The summed E-state index contributed by atoms with van der Waals surface area (Å²) >= 11 is 6.05. The van der Waals surface area contributed by atoms with Gasteiger partial charge in [-0.25, -0.2) is 21.6 Å². The van der Waals surface area contributed by atoms with Crippen molar-refractivity contribution in [3.63, 3.8) is 0 Å². The van der Waals surface area contributed by atoms with Gasteiger partial charge in [-0.3, -0.25) is 4.31 Å². The molecular weight excluding hydrogens is 411 g/mol. The zero-order valence-corrected chi connectivity index (χ0v) is 16.2. The van der Waals surface area contributed by atoms with E-state index in [4.69, 9.17) is 11.6 Å². The Labute approximate surface area is 166 Å². The monoisotopic (exact) mass is 425 g/mol. The average molecular weight is 426 g/mol. The third kappa shape index (κ3) is 4.00. The van der Waals surface area contributed by atoms with E-state index in [2.05, 4.69) is 0 Å². The molecule has 28 heavy (non-hydrogen) atoms. The molecule has 0 fully saturated rings. The molecule has 3 nitrogen and oxygen atoms in total. The number of nitrogens with zero attached hydrogens (tertiary/aromatic N) is 1. The SMILES string of the molecule is Cc1ccc(N(Cc2ccc(F)cc2F)S(=O)(=O)c2ccccc2Cl)cc1F. The Hall–Kier alpha value is -2.51. The van der Waals surface area contributed by atoms with Crippen LogP contribution in [0, 0.1) is 24.4 Å². The molecule has 0 aromatic heterocycles. The summed E-state index contributed by atoms with van der Waals surface area (Å²) in [4.78, 5) is -0.208. The Bertz CT molecular complexity index is 1140. The minimum Gasteiger partial charge on any atom is -0.262 e. The standard InChI is InChI=1S/C20H15ClF3NO2S/c1-13-6-9-16(11-18(13)23)25(12-14-7-8-15(22)10-19(14)24)28(26,27)20-5-3-2-4-17(20)21/h2-11H,12H2,1H3. The molecule has 0 unspecified atom stereocenters. The molecule has 3 aromatic carbocycles. The second kappa shape index (κ2) is 7.85. The molecule has 0 spiro atoms. The molecule has 0 aliphatic carbocycles. The largest absolute Gasteiger partial charge is 0.266 e. The van der Waals surface area contributed by atoms with Gasteiger partial charge in [0.2, 0.25) is 0 Å². The van der Waals surface area contributed by atoms with E-state index in [1.165, 1.54) is 37.3 Å². The lowest BCUT2D eigenvalue weighted by molar-refractivity contribution is 0.569. The highest BCUT2D eigenvalue weighted by Gasteiger charge is 2.28. The molecule has 0 radical (unpaired) electrons. The molecule has 0 heterocycles. The summed E-state index contributed by atoms with van der Waals surface area (Å²) in [6.07, 6.45) is 0. The van der Waals surface area contributed by atoms with Gasteiger partial charge in [-0.2, -0.15) is 0 Å². The van der Waals surface area contributed by atoms with Gasteiger partial charge in [0.1, 0.15) is 22.3 Å². The smallest absolute Gasteiger partial charge is 0.262 e. The number of hydrogen-bond donors (Lipinski definition) is 0. The summed E-state index contributed by atoms with van der Waals surface area (Å²) in [5.41, 5.74) is 0.247. The first-order chi connectivity index (χ1) is 13.2. The van der Waals surface area contributed by atoms with E-state index >= 15 is 0 Å². The molecule has 0 amide bonds. The number of benzene rings is 3. The van der Waals surface area contributed by atoms with Crippen LogP contribution in [-0.2, 0) is 16.6 Å². The molecular formula is C20H15ClF3NO2S. The predicted octanol–water partition coefficient (Wildman–Crippen LogP) is 5.46. The Morgan fingerprint density at radius 1 is 0.929 bits per heavy atom. The quantitative estimate of drug-likeness (QED) is 0.544. The maximum Gasteiger partial charge on any atom is 0.266 e. The minimum absolute atomic E-state index is 0.00764. The highest BCUT2D eigenvalue weighted by Crippen LogP contribution is 2.31. The van der Waals surface area contributed by atoms with Crippen LogP contribution < -0.4 is 4.31 Å². The third-order valence-corrected chi connectivity index (χ3v) is 6.45. The van der Waals surface area contributed by atoms with Crippen LogP contribution in [0.15, 0.2) is 65.6 Å². The van der Waals surface area contributed by atoms with Gasteiger partial charge in [-0.05, 0) is 42.8 Å². The van der Waals surface area contributed by atoms with Crippen LogP contribution in [0.25, 0.3) is 0 Å². The van der Waals surface area contributed by atoms with Crippen LogP contribution in [-0.4, -0.2) is 8.42 Å². The van der Waals surface area contributed by atoms with Gasteiger partial charge in [-0.15, -0.1) is 0 Å². The number of sulfonamides is 1. The Morgan fingerprint density at radius 3 is 2.29 bits per heavy atom. The summed E-state index contributed by atoms with van der Waals surface area (Å²) in [6, 6.07) is 12.5. The van der Waals surface area contributed by atoms with Crippen LogP contribution in [0.5, 0.6) is 0 Å². The zero-order valence-electron chi connectivity index (χ0n) is 14.7. The van der Waals surface area contributed by atoms with E-state index in [-0.39, 0.29) is 21.2 Å². The number of hydrogen-bond acceptors (Lipinski definition) is 2. The fourth-order valence-corrected chi connectivity index (χ4v) is 4.56. The summed E-state index contributed by atoms with van der Waals surface area (Å²) in [6.45, 7) is 1.06. The molecule has 0 bridgehead atoms. The van der Waals surface area contributed by atoms with Crippen molar-refractivity contribution >= 4 is 27.3 Å². The molecule has 0 aliphatic rings. The fraction of sp³-hybridized carbons (Fsp3) is 0.100. The van der Waals surface area contributed by atoms with Gasteiger partial charge in [-0.1, -0.05) is 35.9 Å². The number of rotatable bonds is 5. The van der Waals surface area contributed by atoms with Crippen molar-refractivity contribution in [1.29, 1.82) is 0 Å². The third-order valence-electron chi connectivity index (χ3n) is 4.18. The summed E-state index contributed by atoms with van der Waals surface area (Å²) in [5.74, 6) is -2.31. The predicted molar refractivity (Wildman–Crippen MR) is 102 cm³/mol. The maximum absolute atomic E-state index is 14.2. The van der Waals surface area contributed by atoms with Gasteiger partial charge in [0.05, 0.1) is 17.3 Å². The minimum atomic E-state index is -4.27. The molecule has 0 atom stereocenters. The first-order valence-corrected chi connectivity index (χ1v) is 9.99. The van der Waals surface area contributed by atoms with Crippen LogP contribution in [0.1, 0.15) is 11.1 Å². The Kier molecular flexibility index (Phi) is 5.67. The van der Waals surface area contributed by atoms with E-state index < -0.39 is 34.0 Å². The van der Waals surface area contributed by atoms with Crippen LogP contribution in [0.4, 0.5) is 18.9 Å². The summed E-state index contributed by atoms with van der Waals surface area (Å²) in [5, 5.41) is -0.0281. The zero-order chi connectivity index (χ0) is 20.5. The lowest BCUT2D eigenvalue weighted by Gasteiger charge is -2.25. The second-order valence-corrected chi connectivity index (χ2v) is 8.35. The molecule has 0 saturated heterocycles. The molecule has 8 heteroatoms. The van der Waals surface area contributed by atoms with E-state index in [0.717, 1.165) is 22.5 Å². The van der Waals surface area contributed by atoms with Crippen molar-refractivity contribution in [1.82, 2.24) is 0 Å². The van der Waals surface area contributed by atoms with E-state index in [0.29, 0.717) is 11.6 Å². The van der Waals surface area contributed by atoms with E-state index in [9.17, 15) is 21.6 Å². The van der Waals surface area contributed by atoms with Gasteiger partial charge >= 0.3 is 0 Å². The molecule has 0 saturated carbocycles. The van der Waals surface area contributed by atoms with Gasteiger partial charge in [0, 0.05) is 11.6 Å². The number of halogens is 4.